The van der Waals surface area contributed by atoms with Crippen molar-refractivity contribution in [2.75, 3.05) is 12.4 Å². The van der Waals surface area contributed by atoms with Crippen molar-refractivity contribution >= 4 is 17.5 Å². The Hall–Kier alpha value is -1.09. The summed E-state index contributed by atoms with van der Waals surface area (Å²) in [6, 6.07) is 3.97. The number of amides is 1. The van der Waals surface area contributed by atoms with Crippen LogP contribution in [0.15, 0.2) is 24.5 Å². The van der Waals surface area contributed by atoms with Gasteiger partial charge >= 0.3 is 0 Å². The van der Waals surface area contributed by atoms with Crippen LogP contribution in [0.5, 0.6) is 0 Å². The molecule has 1 fully saturated rings. The second-order valence-corrected chi connectivity index (χ2v) is 4.04. The molecule has 4 heteroatoms. The summed E-state index contributed by atoms with van der Waals surface area (Å²) < 4.78 is 0. The highest BCUT2D eigenvalue weighted by Crippen LogP contribution is 2.27. The Morgan fingerprint density at radius 1 is 1.60 bits per heavy atom. The SMILES string of the molecule is O=C(c1cccnc1)N(CCCl)C1CC1. The van der Waals surface area contributed by atoms with Crippen molar-refractivity contribution in [2.45, 2.75) is 18.9 Å². The number of rotatable bonds is 4. The quantitative estimate of drug-likeness (QED) is 0.733. The Morgan fingerprint density at radius 2 is 2.40 bits per heavy atom. The summed E-state index contributed by atoms with van der Waals surface area (Å²) in [5, 5.41) is 0. The van der Waals surface area contributed by atoms with Crippen LogP contribution < -0.4 is 0 Å². The predicted molar refractivity (Wildman–Crippen MR) is 59.0 cm³/mol. The highest BCUT2D eigenvalue weighted by Gasteiger charge is 2.32. The minimum atomic E-state index is 0.0475. The van der Waals surface area contributed by atoms with Gasteiger partial charge in [-0.25, -0.2) is 0 Å². The molecule has 1 aromatic rings. The van der Waals surface area contributed by atoms with Gasteiger partial charge in [0, 0.05) is 30.9 Å². The largest absolute Gasteiger partial charge is 0.334 e. The van der Waals surface area contributed by atoms with E-state index in [1.165, 1.54) is 0 Å². The Labute approximate surface area is 94.1 Å². The second-order valence-electron chi connectivity index (χ2n) is 3.66. The first-order valence-electron chi connectivity index (χ1n) is 5.10. The predicted octanol–water partition coefficient (Wildman–Crippen LogP) is 1.93. The summed E-state index contributed by atoms with van der Waals surface area (Å²) in [4.78, 5) is 17.8. The molecule has 1 amide bonds. The maximum atomic E-state index is 12.0. The number of halogens is 1. The van der Waals surface area contributed by atoms with Crippen LogP contribution in [0.2, 0.25) is 0 Å². The van der Waals surface area contributed by atoms with Crippen molar-refractivity contribution in [3.63, 3.8) is 0 Å². The second kappa shape index (κ2) is 4.62. The topological polar surface area (TPSA) is 33.2 Å². The zero-order chi connectivity index (χ0) is 10.7. The lowest BCUT2D eigenvalue weighted by atomic mass is 10.2. The number of hydrogen-bond donors (Lipinski definition) is 0. The van der Waals surface area contributed by atoms with Gasteiger partial charge in [-0.05, 0) is 25.0 Å². The van der Waals surface area contributed by atoms with E-state index in [-0.39, 0.29) is 5.91 Å². The average molecular weight is 225 g/mol. The lowest BCUT2D eigenvalue weighted by Gasteiger charge is -2.20. The van der Waals surface area contributed by atoms with E-state index in [2.05, 4.69) is 4.98 Å². The first-order chi connectivity index (χ1) is 7.33. The van der Waals surface area contributed by atoms with Crippen LogP contribution >= 0.6 is 11.6 Å². The van der Waals surface area contributed by atoms with Crippen LogP contribution in [0, 0.1) is 0 Å². The van der Waals surface area contributed by atoms with E-state index >= 15 is 0 Å². The third kappa shape index (κ3) is 2.48. The molecule has 1 aliphatic rings. The summed E-state index contributed by atoms with van der Waals surface area (Å²) in [6.45, 7) is 0.625. The summed E-state index contributed by atoms with van der Waals surface area (Å²) in [7, 11) is 0. The van der Waals surface area contributed by atoms with E-state index in [1.54, 1.807) is 24.5 Å². The maximum absolute atomic E-state index is 12.0. The molecule has 0 spiro atoms. The lowest BCUT2D eigenvalue weighted by molar-refractivity contribution is 0.0753. The Kier molecular flexibility index (Phi) is 3.21. The molecule has 0 bridgehead atoms. The zero-order valence-corrected chi connectivity index (χ0v) is 9.15. The monoisotopic (exact) mass is 224 g/mol. The van der Waals surface area contributed by atoms with E-state index in [4.69, 9.17) is 11.6 Å². The average Bonchev–Trinajstić information content (AvgIpc) is 3.10. The van der Waals surface area contributed by atoms with Crippen molar-refractivity contribution < 1.29 is 4.79 Å². The van der Waals surface area contributed by atoms with Crippen molar-refractivity contribution in [3.8, 4) is 0 Å². The van der Waals surface area contributed by atoms with E-state index in [1.807, 2.05) is 4.90 Å². The minimum absolute atomic E-state index is 0.0475. The summed E-state index contributed by atoms with van der Waals surface area (Å²) in [6.07, 6.45) is 5.47. The van der Waals surface area contributed by atoms with Gasteiger partial charge in [0.15, 0.2) is 0 Å². The molecule has 0 atom stereocenters. The Balaban J connectivity index is 2.10. The molecule has 1 aromatic heterocycles. The molecule has 1 aliphatic carbocycles. The number of alkyl halides is 1. The fourth-order valence-electron chi connectivity index (χ4n) is 1.58. The number of pyridine rings is 1. The van der Waals surface area contributed by atoms with E-state index < -0.39 is 0 Å². The van der Waals surface area contributed by atoms with Gasteiger partial charge in [-0.1, -0.05) is 0 Å². The number of aromatic nitrogens is 1. The molecule has 0 saturated heterocycles. The van der Waals surface area contributed by atoms with Crippen LogP contribution in [0.3, 0.4) is 0 Å². The molecule has 1 saturated carbocycles. The molecule has 0 aromatic carbocycles. The molecule has 0 unspecified atom stereocenters. The van der Waals surface area contributed by atoms with Gasteiger partial charge in [0.1, 0.15) is 0 Å². The van der Waals surface area contributed by atoms with Gasteiger partial charge in [-0.2, -0.15) is 0 Å². The van der Waals surface area contributed by atoms with Crippen LogP contribution in [-0.4, -0.2) is 34.3 Å². The van der Waals surface area contributed by atoms with Crippen molar-refractivity contribution in [1.29, 1.82) is 0 Å². The first-order valence-corrected chi connectivity index (χ1v) is 5.63. The smallest absolute Gasteiger partial charge is 0.255 e. The zero-order valence-electron chi connectivity index (χ0n) is 8.40. The van der Waals surface area contributed by atoms with Crippen LogP contribution in [0.4, 0.5) is 0 Å². The van der Waals surface area contributed by atoms with Crippen molar-refractivity contribution in [3.05, 3.63) is 30.1 Å². The molecule has 3 nitrogen and oxygen atoms in total. The molecular formula is C11H13ClN2O. The van der Waals surface area contributed by atoms with Gasteiger partial charge < -0.3 is 4.90 Å². The highest BCUT2D eigenvalue weighted by molar-refractivity contribution is 6.18. The van der Waals surface area contributed by atoms with Crippen molar-refractivity contribution in [2.24, 2.45) is 0 Å². The van der Waals surface area contributed by atoms with Crippen LogP contribution in [-0.2, 0) is 0 Å². The van der Waals surface area contributed by atoms with E-state index in [0.717, 1.165) is 12.8 Å². The Morgan fingerprint density at radius 3 is 2.93 bits per heavy atom. The number of hydrogen-bond acceptors (Lipinski definition) is 2. The number of carbonyl (C=O) groups is 1. The summed E-state index contributed by atoms with van der Waals surface area (Å²) >= 11 is 5.69. The maximum Gasteiger partial charge on any atom is 0.255 e. The molecule has 2 rings (SSSR count). The first kappa shape index (κ1) is 10.4. The lowest BCUT2D eigenvalue weighted by Crippen LogP contribution is -2.34. The molecule has 0 N–H and O–H groups in total. The third-order valence-electron chi connectivity index (χ3n) is 2.48. The van der Waals surface area contributed by atoms with Gasteiger partial charge in [-0.15, -0.1) is 11.6 Å². The van der Waals surface area contributed by atoms with Crippen LogP contribution in [0.1, 0.15) is 23.2 Å². The van der Waals surface area contributed by atoms with E-state index in [9.17, 15) is 4.79 Å². The van der Waals surface area contributed by atoms with Gasteiger partial charge in [0.25, 0.3) is 5.91 Å². The summed E-state index contributed by atoms with van der Waals surface area (Å²) in [5.41, 5.74) is 0.648. The number of nitrogens with zero attached hydrogens (tertiary/aromatic N) is 2. The van der Waals surface area contributed by atoms with Gasteiger partial charge in [0.2, 0.25) is 0 Å². The van der Waals surface area contributed by atoms with Crippen molar-refractivity contribution in [1.82, 2.24) is 9.88 Å². The summed E-state index contributed by atoms with van der Waals surface area (Å²) in [5.74, 6) is 0.536. The third-order valence-corrected chi connectivity index (χ3v) is 2.65. The Bertz CT molecular complexity index is 338. The van der Waals surface area contributed by atoms with Crippen LogP contribution in [0.25, 0.3) is 0 Å². The normalized spacial score (nSPS) is 15.0. The molecule has 0 aliphatic heterocycles. The molecule has 0 radical (unpaired) electrons. The molecule has 1 heterocycles. The molecular weight excluding hydrogens is 212 g/mol. The van der Waals surface area contributed by atoms with Gasteiger partial charge in [0.05, 0.1) is 5.56 Å². The van der Waals surface area contributed by atoms with Gasteiger partial charge in [-0.3, -0.25) is 9.78 Å². The fraction of sp³-hybridized carbons (Fsp3) is 0.455. The molecule has 80 valence electrons. The standard InChI is InChI=1S/C11H13ClN2O/c12-5-7-14(10-3-4-10)11(15)9-2-1-6-13-8-9/h1-2,6,8,10H,3-5,7H2. The molecule has 15 heavy (non-hydrogen) atoms. The highest BCUT2D eigenvalue weighted by atomic mass is 35.5. The minimum Gasteiger partial charge on any atom is -0.334 e. The number of carbonyl (C=O) groups excluding carboxylic acids is 1. The fourth-order valence-corrected chi connectivity index (χ4v) is 1.76. The van der Waals surface area contributed by atoms with E-state index in [0.29, 0.717) is 24.0 Å².